The minimum absolute atomic E-state index is 0.382. The molecule has 2 rings (SSSR count). The summed E-state index contributed by atoms with van der Waals surface area (Å²) >= 11 is 0. The molecule has 1 aliphatic heterocycles. The van der Waals surface area contributed by atoms with Crippen LogP contribution in [-0.4, -0.2) is 26.2 Å². The first-order valence-corrected chi connectivity index (χ1v) is 8.15. The van der Waals surface area contributed by atoms with Crippen LogP contribution < -0.4 is 10.2 Å². The quantitative estimate of drug-likeness (QED) is 0.847. The fraction of sp³-hybridized carbons (Fsp3) is 0.667. The Hall–Kier alpha value is -1.02. The van der Waals surface area contributed by atoms with Gasteiger partial charge >= 0.3 is 0 Å². The molecule has 2 heteroatoms. The molecule has 112 valence electrons. The Bertz CT molecular complexity index is 423. The van der Waals surface area contributed by atoms with Crippen LogP contribution in [0.4, 0.5) is 5.69 Å². The van der Waals surface area contributed by atoms with Gasteiger partial charge in [0.1, 0.15) is 0 Å². The Balaban J connectivity index is 2.27. The maximum absolute atomic E-state index is 3.41. The lowest BCUT2D eigenvalue weighted by Gasteiger charge is -2.44. The largest absolute Gasteiger partial charge is 0.368 e. The van der Waals surface area contributed by atoms with Crippen LogP contribution in [-0.2, 0) is 6.42 Å². The number of rotatable bonds is 6. The fourth-order valence-electron chi connectivity index (χ4n) is 3.52. The number of aryl methyl sites for hydroxylation is 1. The number of hydrogen-bond donors (Lipinski definition) is 1. The van der Waals surface area contributed by atoms with Gasteiger partial charge in [-0.25, -0.2) is 0 Å². The van der Waals surface area contributed by atoms with Gasteiger partial charge in [-0.3, -0.25) is 0 Å². The second-order valence-corrected chi connectivity index (χ2v) is 6.38. The third-order valence-electron chi connectivity index (χ3n) is 5.22. The molecule has 0 radical (unpaired) electrons. The molecule has 0 saturated heterocycles. The summed E-state index contributed by atoms with van der Waals surface area (Å²) in [5.74, 6) is 0. The van der Waals surface area contributed by atoms with Gasteiger partial charge in [0.15, 0.2) is 0 Å². The van der Waals surface area contributed by atoms with E-state index in [1.165, 1.54) is 43.5 Å². The molecule has 0 aliphatic carbocycles. The third kappa shape index (κ3) is 3.01. The zero-order chi connectivity index (χ0) is 14.6. The number of hydrogen-bond acceptors (Lipinski definition) is 2. The highest BCUT2D eigenvalue weighted by Gasteiger charge is 2.32. The molecular weight excluding hydrogens is 244 g/mol. The van der Waals surface area contributed by atoms with Crippen molar-refractivity contribution in [2.24, 2.45) is 5.41 Å². The highest BCUT2D eigenvalue weighted by molar-refractivity contribution is 5.56. The fourth-order valence-corrected chi connectivity index (χ4v) is 3.52. The van der Waals surface area contributed by atoms with E-state index in [9.17, 15) is 0 Å². The van der Waals surface area contributed by atoms with Gasteiger partial charge in [-0.15, -0.1) is 0 Å². The van der Waals surface area contributed by atoms with Crippen molar-refractivity contribution in [2.45, 2.75) is 52.5 Å². The van der Waals surface area contributed by atoms with Crippen molar-refractivity contribution in [2.75, 3.05) is 25.0 Å². The summed E-state index contributed by atoms with van der Waals surface area (Å²) in [6.45, 7) is 9.32. The van der Waals surface area contributed by atoms with Crippen molar-refractivity contribution in [3.63, 3.8) is 0 Å². The Morgan fingerprint density at radius 3 is 2.60 bits per heavy atom. The van der Waals surface area contributed by atoms with Crippen LogP contribution in [0.3, 0.4) is 0 Å². The first-order chi connectivity index (χ1) is 9.65. The van der Waals surface area contributed by atoms with Crippen LogP contribution in [0.1, 0.15) is 45.6 Å². The lowest BCUT2D eigenvalue weighted by molar-refractivity contribution is 0.250. The van der Waals surface area contributed by atoms with Gasteiger partial charge in [-0.2, -0.15) is 0 Å². The summed E-state index contributed by atoms with van der Waals surface area (Å²) in [5, 5.41) is 3.41. The van der Waals surface area contributed by atoms with E-state index in [1.807, 2.05) is 0 Å². The normalized spacial score (nSPS) is 19.0. The standard InChI is InChI=1S/C18H30N2/c1-5-18(6-2,13-19-4)14-20-15(3)11-12-16-9-7-8-10-17(16)20/h7-10,15,19H,5-6,11-14H2,1-4H3. The zero-order valence-electron chi connectivity index (χ0n) is 13.6. The summed E-state index contributed by atoms with van der Waals surface area (Å²) in [6, 6.07) is 9.61. The lowest BCUT2D eigenvalue weighted by atomic mass is 9.80. The van der Waals surface area contributed by atoms with E-state index in [2.05, 4.69) is 62.3 Å². The Kier molecular flexibility index (Phi) is 5.09. The number of anilines is 1. The molecule has 0 saturated carbocycles. The predicted octanol–water partition coefficient (Wildman–Crippen LogP) is 3.85. The summed E-state index contributed by atoms with van der Waals surface area (Å²) < 4.78 is 0. The van der Waals surface area contributed by atoms with Gasteiger partial charge in [-0.05, 0) is 56.7 Å². The molecule has 0 spiro atoms. The second-order valence-electron chi connectivity index (χ2n) is 6.38. The first-order valence-electron chi connectivity index (χ1n) is 8.15. The first kappa shape index (κ1) is 15.4. The monoisotopic (exact) mass is 274 g/mol. The number of para-hydroxylation sites is 1. The van der Waals surface area contributed by atoms with E-state index < -0.39 is 0 Å². The van der Waals surface area contributed by atoms with Crippen molar-refractivity contribution in [1.82, 2.24) is 5.32 Å². The van der Waals surface area contributed by atoms with Gasteiger partial charge in [-0.1, -0.05) is 32.0 Å². The van der Waals surface area contributed by atoms with Gasteiger partial charge in [0, 0.05) is 24.8 Å². The molecule has 0 amide bonds. The molecule has 0 fully saturated rings. The van der Waals surface area contributed by atoms with E-state index in [4.69, 9.17) is 0 Å². The predicted molar refractivity (Wildman–Crippen MR) is 88.5 cm³/mol. The van der Waals surface area contributed by atoms with E-state index >= 15 is 0 Å². The van der Waals surface area contributed by atoms with Crippen LogP contribution in [0.2, 0.25) is 0 Å². The highest BCUT2D eigenvalue weighted by atomic mass is 15.2. The summed E-state index contributed by atoms with van der Waals surface area (Å²) in [7, 11) is 2.08. The highest BCUT2D eigenvalue weighted by Crippen LogP contribution is 2.35. The SMILES string of the molecule is CCC(CC)(CNC)CN1c2ccccc2CCC1C. The van der Waals surface area contributed by atoms with Gasteiger partial charge in [0.2, 0.25) is 0 Å². The minimum atomic E-state index is 0.382. The molecule has 1 N–H and O–H groups in total. The lowest BCUT2D eigenvalue weighted by Crippen LogP contribution is -2.48. The molecule has 0 aromatic heterocycles. The second kappa shape index (κ2) is 6.62. The van der Waals surface area contributed by atoms with Crippen LogP contribution in [0, 0.1) is 5.41 Å². The van der Waals surface area contributed by atoms with Crippen LogP contribution in [0.15, 0.2) is 24.3 Å². The molecular formula is C18H30N2. The summed E-state index contributed by atoms with van der Waals surface area (Å²) in [5.41, 5.74) is 3.37. The maximum Gasteiger partial charge on any atom is 0.0401 e. The summed E-state index contributed by atoms with van der Waals surface area (Å²) in [6.07, 6.45) is 4.97. The Labute approximate surface area is 124 Å². The van der Waals surface area contributed by atoms with E-state index in [1.54, 1.807) is 0 Å². The smallest absolute Gasteiger partial charge is 0.0401 e. The zero-order valence-corrected chi connectivity index (χ0v) is 13.6. The molecule has 1 unspecified atom stereocenters. The average molecular weight is 274 g/mol. The minimum Gasteiger partial charge on any atom is -0.368 e. The number of nitrogens with zero attached hydrogens (tertiary/aromatic N) is 1. The van der Waals surface area contributed by atoms with Gasteiger partial charge in [0.05, 0.1) is 0 Å². The van der Waals surface area contributed by atoms with Gasteiger partial charge < -0.3 is 10.2 Å². The molecule has 1 aromatic rings. The molecule has 1 heterocycles. The van der Waals surface area contributed by atoms with Crippen molar-refractivity contribution in [1.29, 1.82) is 0 Å². The van der Waals surface area contributed by atoms with Crippen molar-refractivity contribution in [3.05, 3.63) is 29.8 Å². The summed E-state index contributed by atoms with van der Waals surface area (Å²) in [4.78, 5) is 2.66. The van der Waals surface area contributed by atoms with E-state index in [0.29, 0.717) is 11.5 Å². The molecule has 2 nitrogen and oxygen atoms in total. The number of benzene rings is 1. The molecule has 0 bridgehead atoms. The molecule has 1 atom stereocenters. The van der Waals surface area contributed by atoms with Gasteiger partial charge in [0.25, 0.3) is 0 Å². The molecule has 20 heavy (non-hydrogen) atoms. The van der Waals surface area contributed by atoms with Crippen LogP contribution in [0.25, 0.3) is 0 Å². The maximum atomic E-state index is 3.41. The average Bonchev–Trinajstić information content (AvgIpc) is 2.49. The third-order valence-corrected chi connectivity index (χ3v) is 5.22. The van der Waals surface area contributed by atoms with E-state index in [-0.39, 0.29) is 0 Å². The molecule has 1 aliphatic rings. The van der Waals surface area contributed by atoms with Crippen molar-refractivity contribution >= 4 is 5.69 Å². The topological polar surface area (TPSA) is 15.3 Å². The number of nitrogens with one attached hydrogen (secondary N) is 1. The van der Waals surface area contributed by atoms with Crippen LogP contribution >= 0.6 is 0 Å². The number of fused-ring (bicyclic) bond motifs is 1. The molecule has 1 aromatic carbocycles. The Morgan fingerprint density at radius 2 is 1.95 bits per heavy atom. The van der Waals surface area contributed by atoms with E-state index in [0.717, 1.165) is 6.54 Å². The van der Waals surface area contributed by atoms with Crippen molar-refractivity contribution in [3.8, 4) is 0 Å². The van der Waals surface area contributed by atoms with Crippen LogP contribution in [0.5, 0.6) is 0 Å². The Morgan fingerprint density at radius 1 is 1.25 bits per heavy atom. The van der Waals surface area contributed by atoms with Crippen molar-refractivity contribution < 1.29 is 0 Å².